The van der Waals surface area contributed by atoms with Crippen LogP contribution in [0.3, 0.4) is 0 Å². The van der Waals surface area contributed by atoms with Gasteiger partial charge in [-0.3, -0.25) is 14.2 Å². The van der Waals surface area contributed by atoms with Crippen LogP contribution in [0.25, 0.3) is 17.2 Å². The Balaban J connectivity index is 1.60. The maximum absolute atomic E-state index is 13.8. The van der Waals surface area contributed by atoms with Crippen molar-refractivity contribution in [3.8, 4) is 17.2 Å². The fourth-order valence-corrected chi connectivity index (χ4v) is 3.57. The maximum Gasteiger partial charge on any atom is 0.234 e. The van der Waals surface area contributed by atoms with Gasteiger partial charge in [0.25, 0.3) is 0 Å². The average Bonchev–Trinajstić information content (AvgIpc) is 3.41. The van der Waals surface area contributed by atoms with Gasteiger partial charge in [-0.25, -0.2) is 13.4 Å². The van der Waals surface area contributed by atoms with Crippen LogP contribution in [-0.4, -0.2) is 42.6 Å². The Hall–Kier alpha value is -4.13. The van der Waals surface area contributed by atoms with Crippen molar-refractivity contribution in [2.45, 2.75) is 12.1 Å². The van der Waals surface area contributed by atoms with Crippen LogP contribution in [0.15, 0.2) is 58.3 Å². The highest BCUT2D eigenvalue weighted by Crippen LogP contribution is 2.30. The topological polar surface area (TPSA) is 128 Å². The lowest BCUT2D eigenvalue weighted by Gasteiger charge is -2.10. The smallest absolute Gasteiger partial charge is 0.234 e. The molecule has 0 radical (unpaired) electrons. The molecular weight excluding hydrogens is 456 g/mol. The third kappa shape index (κ3) is 5.03. The van der Waals surface area contributed by atoms with E-state index in [0.717, 1.165) is 23.9 Å². The predicted molar refractivity (Wildman–Crippen MR) is 115 cm³/mol. The molecule has 0 aliphatic heterocycles. The molecule has 0 fully saturated rings. The predicted octanol–water partition coefficient (Wildman–Crippen LogP) is 3.28. The van der Waals surface area contributed by atoms with Crippen molar-refractivity contribution in [1.29, 1.82) is 0 Å². The number of nitrogens with zero attached hydrogens (tertiary/aromatic N) is 5. The highest BCUT2D eigenvalue weighted by atomic mass is 32.2. The Bertz CT molecular complexity index is 1310. The fourth-order valence-electron chi connectivity index (χ4n) is 2.82. The van der Waals surface area contributed by atoms with E-state index >= 15 is 0 Å². The molecule has 0 aliphatic carbocycles. The first kappa shape index (κ1) is 22.1. The van der Waals surface area contributed by atoms with Crippen molar-refractivity contribution < 1.29 is 23.0 Å². The van der Waals surface area contributed by atoms with Gasteiger partial charge in [-0.15, -0.1) is 10.2 Å². The molecule has 10 nitrogen and oxygen atoms in total. The second kappa shape index (κ2) is 9.56. The van der Waals surface area contributed by atoms with Crippen LogP contribution < -0.4 is 10.6 Å². The number of rotatable bonds is 7. The summed E-state index contributed by atoms with van der Waals surface area (Å²) in [6, 6.07) is 11.9. The van der Waals surface area contributed by atoms with Gasteiger partial charge >= 0.3 is 0 Å². The summed E-state index contributed by atoms with van der Waals surface area (Å²) in [7, 11) is 0. The molecular formula is C20H15F2N7O3S. The number of halogens is 2. The molecule has 2 amide bonds. The Labute approximate surface area is 189 Å². The zero-order chi connectivity index (χ0) is 23.4. The molecule has 4 rings (SSSR count). The van der Waals surface area contributed by atoms with E-state index in [2.05, 4.69) is 31.1 Å². The van der Waals surface area contributed by atoms with E-state index in [9.17, 15) is 18.4 Å². The molecule has 2 aromatic carbocycles. The number of amides is 2. The number of aromatic nitrogens is 5. The van der Waals surface area contributed by atoms with Crippen LogP contribution in [0.5, 0.6) is 0 Å². The molecule has 0 atom stereocenters. The van der Waals surface area contributed by atoms with Crippen LogP contribution in [0.1, 0.15) is 6.92 Å². The normalized spacial score (nSPS) is 10.8. The number of hydrogen-bond acceptors (Lipinski definition) is 8. The number of para-hydroxylation sites is 1. The number of thioether (sulfide) groups is 1. The highest BCUT2D eigenvalue weighted by Gasteiger charge is 2.24. The molecule has 13 heteroatoms. The van der Waals surface area contributed by atoms with Gasteiger partial charge in [0.2, 0.25) is 17.6 Å². The van der Waals surface area contributed by atoms with Gasteiger partial charge < -0.3 is 10.6 Å². The van der Waals surface area contributed by atoms with Crippen molar-refractivity contribution in [1.82, 2.24) is 25.1 Å². The first-order valence-electron chi connectivity index (χ1n) is 9.41. The summed E-state index contributed by atoms with van der Waals surface area (Å²) < 4.78 is 33.2. The Kier molecular flexibility index (Phi) is 6.40. The molecule has 2 N–H and O–H groups in total. The summed E-state index contributed by atoms with van der Waals surface area (Å²) in [5, 5.41) is 21.0. The number of carbonyl (C=O) groups excluding carboxylic acids is 2. The third-order valence-electron chi connectivity index (χ3n) is 4.18. The summed E-state index contributed by atoms with van der Waals surface area (Å²) in [4.78, 5) is 23.8. The maximum atomic E-state index is 13.8. The van der Waals surface area contributed by atoms with Crippen molar-refractivity contribution in [3.05, 3.63) is 60.2 Å². The molecule has 0 spiro atoms. The van der Waals surface area contributed by atoms with E-state index in [1.807, 2.05) is 6.07 Å². The van der Waals surface area contributed by atoms with Crippen LogP contribution in [0.2, 0.25) is 0 Å². The summed E-state index contributed by atoms with van der Waals surface area (Å²) >= 11 is 1.03. The SMILES string of the molecule is CC(=O)Nc1nonc1-c1nnc(SCC(=O)Nc2ccc(F)cc2F)n1-c1ccccc1. The van der Waals surface area contributed by atoms with Gasteiger partial charge in [0, 0.05) is 18.7 Å². The van der Waals surface area contributed by atoms with Crippen LogP contribution in [-0.2, 0) is 9.59 Å². The summed E-state index contributed by atoms with van der Waals surface area (Å²) in [5.41, 5.74) is 0.661. The second-order valence-electron chi connectivity index (χ2n) is 6.58. The number of benzene rings is 2. The number of nitrogens with one attached hydrogen (secondary N) is 2. The lowest BCUT2D eigenvalue weighted by molar-refractivity contribution is -0.114. The van der Waals surface area contributed by atoms with Crippen LogP contribution >= 0.6 is 11.8 Å². The molecule has 2 heterocycles. The van der Waals surface area contributed by atoms with Crippen molar-refractivity contribution in [2.75, 3.05) is 16.4 Å². The zero-order valence-corrected chi connectivity index (χ0v) is 17.8. The fraction of sp³-hybridized carbons (Fsp3) is 0.100. The van der Waals surface area contributed by atoms with Gasteiger partial charge in [-0.2, -0.15) is 0 Å². The minimum atomic E-state index is -0.882. The summed E-state index contributed by atoms with van der Waals surface area (Å²) in [5.74, 6) is -2.39. The van der Waals surface area contributed by atoms with E-state index in [1.54, 1.807) is 28.8 Å². The third-order valence-corrected chi connectivity index (χ3v) is 5.11. The Morgan fingerprint density at radius 3 is 2.58 bits per heavy atom. The number of anilines is 2. The molecule has 4 aromatic rings. The number of hydrogen-bond donors (Lipinski definition) is 2. The van der Waals surface area contributed by atoms with E-state index in [0.29, 0.717) is 16.9 Å². The van der Waals surface area contributed by atoms with Crippen LogP contribution in [0.4, 0.5) is 20.3 Å². The molecule has 0 bridgehead atoms. The van der Waals surface area contributed by atoms with Gasteiger partial charge in [-0.05, 0) is 34.6 Å². The van der Waals surface area contributed by atoms with E-state index in [1.165, 1.54) is 6.92 Å². The largest absolute Gasteiger partial charge is 0.323 e. The van der Waals surface area contributed by atoms with Crippen molar-refractivity contribution >= 4 is 35.1 Å². The van der Waals surface area contributed by atoms with Gasteiger partial charge in [-0.1, -0.05) is 30.0 Å². The second-order valence-corrected chi connectivity index (χ2v) is 7.52. The molecule has 0 aliphatic rings. The number of carbonyl (C=O) groups is 2. The van der Waals surface area contributed by atoms with Gasteiger partial charge in [0.05, 0.1) is 11.4 Å². The van der Waals surface area contributed by atoms with E-state index in [-0.39, 0.29) is 34.7 Å². The molecule has 0 saturated carbocycles. The average molecular weight is 471 g/mol. The lowest BCUT2D eigenvalue weighted by Crippen LogP contribution is -2.15. The van der Waals surface area contributed by atoms with E-state index in [4.69, 9.17) is 4.63 Å². The standard InChI is InChI=1S/C20H15F2N7O3S/c1-11(30)23-18-17(27-32-28-18)19-25-26-20(29(19)13-5-3-2-4-6-13)33-10-16(31)24-15-8-7-12(21)9-14(15)22/h2-9H,10H2,1H3,(H,24,31)(H,23,28,30). The van der Waals surface area contributed by atoms with Gasteiger partial charge in [0.15, 0.2) is 16.7 Å². The first-order valence-corrected chi connectivity index (χ1v) is 10.4. The molecule has 33 heavy (non-hydrogen) atoms. The van der Waals surface area contributed by atoms with E-state index < -0.39 is 17.5 Å². The quantitative estimate of drug-likeness (QED) is 0.393. The summed E-state index contributed by atoms with van der Waals surface area (Å²) in [6.07, 6.45) is 0. The minimum Gasteiger partial charge on any atom is -0.323 e. The minimum absolute atomic E-state index is 0.0631. The monoisotopic (exact) mass is 471 g/mol. The molecule has 2 aromatic heterocycles. The van der Waals surface area contributed by atoms with Crippen molar-refractivity contribution in [3.63, 3.8) is 0 Å². The lowest BCUT2D eigenvalue weighted by atomic mass is 10.3. The van der Waals surface area contributed by atoms with Gasteiger partial charge in [0.1, 0.15) is 11.6 Å². The molecule has 0 saturated heterocycles. The Morgan fingerprint density at radius 1 is 1.06 bits per heavy atom. The molecule has 0 unspecified atom stereocenters. The molecule has 168 valence electrons. The van der Waals surface area contributed by atoms with Crippen LogP contribution in [0, 0.1) is 11.6 Å². The zero-order valence-electron chi connectivity index (χ0n) is 17.0. The Morgan fingerprint density at radius 2 is 1.85 bits per heavy atom. The highest BCUT2D eigenvalue weighted by molar-refractivity contribution is 7.99. The van der Waals surface area contributed by atoms with Crippen molar-refractivity contribution in [2.24, 2.45) is 0 Å². The summed E-state index contributed by atoms with van der Waals surface area (Å²) in [6.45, 7) is 1.31. The first-order chi connectivity index (χ1) is 15.9.